The molecule has 7 nitrogen and oxygen atoms in total. The lowest BCUT2D eigenvalue weighted by atomic mass is 9.94. The van der Waals surface area contributed by atoms with Gasteiger partial charge in [-0.15, -0.1) is 0 Å². The Morgan fingerprint density at radius 2 is 0.865 bits per heavy atom. The van der Waals surface area contributed by atoms with Crippen molar-refractivity contribution in [3.05, 3.63) is 12.2 Å². The van der Waals surface area contributed by atoms with Gasteiger partial charge in [0, 0.05) is 19.3 Å². The number of aliphatic carboxylic acids is 3. The van der Waals surface area contributed by atoms with E-state index in [1.54, 1.807) is 20.8 Å². The summed E-state index contributed by atoms with van der Waals surface area (Å²) in [6.45, 7) is 7.39. The van der Waals surface area contributed by atoms with Gasteiger partial charge >= 0.3 is 17.9 Å². The number of carbonyl (C=O) groups is 3. The molecule has 0 radical (unpaired) electrons. The van der Waals surface area contributed by atoms with Crippen molar-refractivity contribution in [1.82, 2.24) is 0 Å². The molecule has 0 amide bonds. The number of hydrogen-bond acceptors (Lipinski definition) is 3. The molecule has 0 aliphatic carbocycles. The summed E-state index contributed by atoms with van der Waals surface area (Å²) >= 11 is 0. The predicted octanol–water partition coefficient (Wildman–Crippen LogP) is 7.43. The Hall–Kier alpha value is -1.89. The van der Waals surface area contributed by atoms with Crippen LogP contribution in [0.4, 0.5) is 0 Å². The second-order valence-electron chi connectivity index (χ2n) is 10.5. The highest BCUT2D eigenvalue weighted by molar-refractivity contribution is 5.78. The highest BCUT2D eigenvalue weighted by Crippen LogP contribution is 2.31. The molecule has 0 saturated heterocycles. The number of quaternary nitrogens is 1. The summed E-state index contributed by atoms with van der Waals surface area (Å²) in [6.07, 6.45) is 21.8. The van der Waals surface area contributed by atoms with Gasteiger partial charge in [0.1, 0.15) is 0 Å². The Balaban J connectivity index is 4.86. The number of allylic oxidation sites excluding steroid dienone is 1. The topological polar surface area (TPSA) is 112 Å². The van der Waals surface area contributed by atoms with E-state index >= 15 is 0 Å². The van der Waals surface area contributed by atoms with Gasteiger partial charge in [-0.2, -0.15) is 0 Å². The lowest BCUT2D eigenvalue weighted by Crippen LogP contribution is -2.72. The van der Waals surface area contributed by atoms with Gasteiger partial charge < -0.3 is 15.3 Å². The fraction of sp³-hybridized carbons (Fsp3) is 0.833. The molecule has 7 heteroatoms. The zero-order valence-electron chi connectivity index (χ0n) is 24.1. The normalized spacial score (nSPS) is 15.8. The van der Waals surface area contributed by atoms with E-state index < -0.39 is 40.5 Å². The van der Waals surface area contributed by atoms with Gasteiger partial charge in [0.25, 0.3) is 0 Å². The molecule has 216 valence electrons. The third-order valence-corrected chi connectivity index (χ3v) is 7.82. The number of nitrogens with zero attached hydrogens (tertiary/aromatic N) is 1. The molecule has 3 unspecified atom stereocenters. The minimum Gasteiger partial charge on any atom is -0.477 e. The molecule has 0 saturated carbocycles. The second kappa shape index (κ2) is 21.1. The standard InChI is InChI=1S/C30H55NO6/c1-5-9-10-11-12-13-14-15-16-17-18-19-20-21-22-23-24-31(25(6-2)28(32)33,26(7-3)29(34)35)27(8-4)30(36)37/h22-23,25-27H,5-21,24H2,1-4H3,(H2-,32,33,34,35,36,37)/p+1/b23-22+. The Morgan fingerprint density at radius 1 is 0.541 bits per heavy atom. The van der Waals surface area contributed by atoms with Crippen molar-refractivity contribution < 1.29 is 34.2 Å². The summed E-state index contributed by atoms with van der Waals surface area (Å²) in [7, 11) is 0. The van der Waals surface area contributed by atoms with Crippen LogP contribution in [0.15, 0.2) is 12.2 Å². The third-order valence-electron chi connectivity index (χ3n) is 7.82. The molecule has 0 fully saturated rings. The number of carboxylic acids is 3. The first-order valence-electron chi connectivity index (χ1n) is 14.9. The number of carboxylic acid groups (broad SMARTS) is 3. The zero-order valence-corrected chi connectivity index (χ0v) is 24.1. The van der Waals surface area contributed by atoms with Crippen LogP contribution < -0.4 is 0 Å². The zero-order chi connectivity index (χ0) is 28.1. The first-order valence-corrected chi connectivity index (χ1v) is 14.9. The largest absolute Gasteiger partial charge is 0.477 e. The molecule has 0 aromatic carbocycles. The maximum atomic E-state index is 12.2. The van der Waals surface area contributed by atoms with E-state index in [0.29, 0.717) is 0 Å². The predicted molar refractivity (Wildman–Crippen MR) is 150 cm³/mol. The fourth-order valence-corrected chi connectivity index (χ4v) is 5.85. The average Bonchev–Trinajstić information content (AvgIpc) is 2.84. The summed E-state index contributed by atoms with van der Waals surface area (Å²) in [6, 6.07) is -3.32. The number of rotatable bonds is 25. The molecule has 0 aliphatic rings. The van der Waals surface area contributed by atoms with Gasteiger partial charge in [0.15, 0.2) is 18.1 Å². The number of hydrogen-bond donors (Lipinski definition) is 3. The van der Waals surface area contributed by atoms with Crippen molar-refractivity contribution in [2.75, 3.05) is 6.54 Å². The molecule has 0 bridgehead atoms. The lowest BCUT2D eigenvalue weighted by molar-refractivity contribution is -0.968. The molecule has 3 N–H and O–H groups in total. The Kier molecular flexibility index (Phi) is 20.0. The quantitative estimate of drug-likeness (QED) is 0.0648. The van der Waals surface area contributed by atoms with E-state index in [1.807, 2.05) is 12.2 Å². The minimum atomic E-state index is -1.15. The van der Waals surface area contributed by atoms with E-state index in [1.165, 1.54) is 70.6 Å². The first-order chi connectivity index (χ1) is 17.7. The van der Waals surface area contributed by atoms with Crippen molar-refractivity contribution in [1.29, 1.82) is 0 Å². The Bertz CT molecular complexity index is 607. The van der Waals surface area contributed by atoms with Crippen LogP contribution in [0.2, 0.25) is 0 Å². The number of unbranched alkanes of at least 4 members (excludes halogenated alkanes) is 13. The summed E-state index contributed by atoms with van der Waals surface area (Å²) in [5, 5.41) is 29.9. The summed E-state index contributed by atoms with van der Waals surface area (Å²) < 4.78 is -0.487. The smallest absolute Gasteiger partial charge is 0.362 e. The molecule has 0 aromatic rings. The molecular formula is C30H56NO6+. The van der Waals surface area contributed by atoms with Crippen molar-refractivity contribution in [3.8, 4) is 0 Å². The SMILES string of the molecule is CCCCCCCCCCCCCCC/C=C/C[N+](C(CC)C(=O)O)(C(CC)C(=O)O)C(CC)C(=O)O. The van der Waals surface area contributed by atoms with Crippen LogP contribution >= 0.6 is 0 Å². The molecule has 0 heterocycles. The average molecular weight is 527 g/mol. The molecule has 0 aliphatic heterocycles. The highest BCUT2D eigenvalue weighted by atomic mass is 16.4. The molecule has 37 heavy (non-hydrogen) atoms. The van der Waals surface area contributed by atoms with Crippen LogP contribution in [0, 0.1) is 0 Å². The molecule has 0 aromatic heterocycles. The second-order valence-corrected chi connectivity index (χ2v) is 10.5. The summed E-state index contributed by atoms with van der Waals surface area (Å²) in [5.74, 6) is -3.44. The van der Waals surface area contributed by atoms with Crippen molar-refractivity contribution in [3.63, 3.8) is 0 Å². The van der Waals surface area contributed by atoms with Crippen molar-refractivity contribution >= 4 is 17.9 Å². The van der Waals surface area contributed by atoms with Crippen molar-refractivity contribution in [2.24, 2.45) is 0 Å². The molecular weight excluding hydrogens is 470 g/mol. The lowest BCUT2D eigenvalue weighted by Gasteiger charge is -2.49. The summed E-state index contributed by atoms with van der Waals surface area (Å²) in [4.78, 5) is 36.6. The van der Waals surface area contributed by atoms with E-state index in [4.69, 9.17) is 0 Å². The fourth-order valence-electron chi connectivity index (χ4n) is 5.85. The first kappa shape index (κ1) is 35.1. The monoisotopic (exact) mass is 526 g/mol. The summed E-state index contributed by atoms with van der Waals surface area (Å²) in [5.41, 5.74) is 0. The van der Waals surface area contributed by atoms with E-state index in [-0.39, 0.29) is 25.8 Å². The van der Waals surface area contributed by atoms with Gasteiger partial charge in [0.05, 0.1) is 6.54 Å². The van der Waals surface area contributed by atoms with E-state index in [2.05, 4.69) is 6.92 Å². The van der Waals surface area contributed by atoms with E-state index in [0.717, 1.165) is 19.3 Å². The van der Waals surface area contributed by atoms with Crippen LogP contribution in [0.5, 0.6) is 0 Å². The van der Waals surface area contributed by atoms with Gasteiger partial charge in [-0.1, -0.05) is 111 Å². The maximum Gasteiger partial charge on any atom is 0.362 e. The van der Waals surface area contributed by atoms with E-state index in [9.17, 15) is 29.7 Å². The molecule has 0 rings (SSSR count). The minimum absolute atomic E-state index is 0.0822. The van der Waals surface area contributed by atoms with Crippen LogP contribution in [-0.2, 0) is 14.4 Å². The van der Waals surface area contributed by atoms with Gasteiger partial charge in [-0.25, -0.2) is 14.4 Å². The van der Waals surface area contributed by atoms with Gasteiger partial charge in [-0.3, -0.25) is 4.48 Å². The molecule has 3 atom stereocenters. The van der Waals surface area contributed by atoms with Crippen LogP contribution in [-0.4, -0.2) is 62.4 Å². The van der Waals surface area contributed by atoms with Crippen LogP contribution in [0.25, 0.3) is 0 Å². The highest BCUT2D eigenvalue weighted by Gasteiger charge is 2.55. The van der Waals surface area contributed by atoms with Crippen LogP contribution in [0.3, 0.4) is 0 Å². The van der Waals surface area contributed by atoms with Crippen molar-refractivity contribution in [2.45, 2.75) is 155 Å². The molecule has 0 spiro atoms. The van der Waals surface area contributed by atoms with Crippen LogP contribution in [0.1, 0.15) is 137 Å². The maximum absolute atomic E-state index is 12.2. The van der Waals surface area contributed by atoms with Gasteiger partial charge in [-0.05, 0) is 18.9 Å². The third kappa shape index (κ3) is 12.5. The Labute approximate surface area is 225 Å². The Morgan fingerprint density at radius 3 is 1.16 bits per heavy atom. The van der Waals surface area contributed by atoms with Gasteiger partial charge in [0.2, 0.25) is 0 Å².